The van der Waals surface area contributed by atoms with Gasteiger partial charge in [-0.1, -0.05) is 0 Å². The first kappa shape index (κ1) is 16.0. The molecule has 3 aromatic heterocycles. The maximum absolute atomic E-state index is 12.7. The molecule has 2 unspecified atom stereocenters. The summed E-state index contributed by atoms with van der Waals surface area (Å²) in [5, 5.41) is 0. The van der Waals surface area contributed by atoms with E-state index in [1.807, 2.05) is 6.33 Å². The van der Waals surface area contributed by atoms with E-state index < -0.39 is 5.69 Å². The summed E-state index contributed by atoms with van der Waals surface area (Å²) in [5.41, 5.74) is 7.04. The molecule has 7 rings (SSSR count). The second-order valence-electron chi connectivity index (χ2n) is 9.00. The summed E-state index contributed by atoms with van der Waals surface area (Å²) in [5.74, 6) is 1.48. The van der Waals surface area contributed by atoms with Crippen LogP contribution in [0.25, 0.3) is 11.2 Å². The van der Waals surface area contributed by atoms with E-state index in [2.05, 4.69) is 29.5 Å². The van der Waals surface area contributed by atoms with Gasteiger partial charge in [-0.3, -0.25) is 9.78 Å². The van der Waals surface area contributed by atoms with Crippen LogP contribution in [0.2, 0.25) is 0 Å². The molecule has 0 aromatic carbocycles. The van der Waals surface area contributed by atoms with Crippen LogP contribution in [0.5, 0.6) is 0 Å². The van der Waals surface area contributed by atoms with E-state index in [0.717, 1.165) is 37.8 Å². The van der Waals surface area contributed by atoms with Crippen LogP contribution in [-0.4, -0.2) is 29.5 Å². The van der Waals surface area contributed by atoms with Gasteiger partial charge in [0, 0.05) is 22.7 Å². The molecule has 9 nitrogen and oxygen atoms in total. The molecule has 4 aliphatic carbocycles. The van der Waals surface area contributed by atoms with Crippen LogP contribution in [0, 0.1) is 11.8 Å². The van der Waals surface area contributed by atoms with Gasteiger partial charge in [0.05, 0.1) is 6.33 Å². The van der Waals surface area contributed by atoms with Crippen molar-refractivity contribution in [3.63, 3.8) is 0 Å². The molecule has 0 radical (unpaired) electrons. The van der Waals surface area contributed by atoms with Crippen molar-refractivity contribution in [3.8, 4) is 0 Å². The third kappa shape index (κ3) is 1.99. The number of aromatic amines is 2. The molecule has 4 saturated carbocycles. The molecule has 4 bridgehead atoms. The molecule has 4 aliphatic rings. The van der Waals surface area contributed by atoms with E-state index in [-0.39, 0.29) is 16.5 Å². The molecule has 0 spiro atoms. The predicted octanol–water partition coefficient (Wildman–Crippen LogP) is 1.03. The monoisotopic (exact) mass is 379 g/mol. The van der Waals surface area contributed by atoms with Crippen LogP contribution < -0.4 is 17.0 Å². The lowest BCUT2D eigenvalue weighted by atomic mass is 9.45. The molecule has 0 aliphatic heterocycles. The van der Waals surface area contributed by atoms with Gasteiger partial charge in [0.15, 0.2) is 11.5 Å². The lowest BCUT2D eigenvalue weighted by Gasteiger charge is -2.62. The fourth-order valence-corrected chi connectivity index (χ4v) is 6.81. The largest absolute Gasteiger partial charge is 0.382 e. The summed E-state index contributed by atoms with van der Waals surface area (Å²) in [6.45, 7) is 0. The number of anilines is 1. The molecule has 4 N–H and O–H groups in total. The number of rotatable bonds is 2. The molecular weight excluding hydrogens is 358 g/mol. The molecule has 144 valence electrons. The SMILES string of the molecule is Nc1ncnc2c1ncn2C12CC3CC(CC(c4c[nH]c(=O)[nH]c4=O)(C3)C1)C2. The molecule has 3 aromatic rings. The summed E-state index contributed by atoms with van der Waals surface area (Å²) in [7, 11) is 0. The number of aromatic nitrogens is 6. The average Bonchev–Trinajstić information content (AvgIpc) is 3.06. The highest BCUT2D eigenvalue weighted by atomic mass is 16.2. The number of fused-ring (bicyclic) bond motifs is 1. The first-order chi connectivity index (χ1) is 13.5. The van der Waals surface area contributed by atoms with Gasteiger partial charge in [-0.2, -0.15) is 0 Å². The van der Waals surface area contributed by atoms with Crippen molar-refractivity contribution < 1.29 is 0 Å². The molecule has 2 atom stereocenters. The molecule has 0 amide bonds. The molecule has 28 heavy (non-hydrogen) atoms. The Labute approximate surface area is 159 Å². The number of nitrogens with two attached hydrogens (primary N) is 1. The van der Waals surface area contributed by atoms with Crippen molar-refractivity contribution in [2.24, 2.45) is 11.8 Å². The van der Waals surface area contributed by atoms with Crippen molar-refractivity contribution in [1.29, 1.82) is 0 Å². The van der Waals surface area contributed by atoms with Gasteiger partial charge in [0.25, 0.3) is 5.56 Å². The van der Waals surface area contributed by atoms with Crippen LogP contribution in [0.15, 0.2) is 28.4 Å². The number of nitrogens with one attached hydrogen (secondary N) is 2. The minimum Gasteiger partial charge on any atom is -0.382 e. The lowest BCUT2D eigenvalue weighted by Crippen LogP contribution is -2.59. The molecule has 3 heterocycles. The van der Waals surface area contributed by atoms with Crippen LogP contribution in [0.4, 0.5) is 5.82 Å². The number of hydrogen-bond acceptors (Lipinski definition) is 6. The zero-order chi connectivity index (χ0) is 19.1. The zero-order valence-corrected chi connectivity index (χ0v) is 15.3. The van der Waals surface area contributed by atoms with Crippen LogP contribution in [0.3, 0.4) is 0 Å². The summed E-state index contributed by atoms with van der Waals surface area (Å²) in [6, 6.07) is 0. The minimum absolute atomic E-state index is 0.137. The highest BCUT2D eigenvalue weighted by molar-refractivity contribution is 5.81. The van der Waals surface area contributed by atoms with Crippen molar-refractivity contribution in [2.45, 2.75) is 49.5 Å². The Morgan fingerprint density at radius 3 is 2.64 bits per heavy atom. The second kappa shape index (κ2) is 5.09. The summed E-state index contributed by atoms with van der Waals surface area (Å²) in [4.78, 5) is 42.4. The van der Waals surface area contributed by atoms with Gasteiger partial charge in [0.2, 0.25) is 0 Å². The van der Waals surface area contributed by atoms with Crippen molar-refractivity contribution in [2.75, 3.05) is 5.73 Å². The summed E-state index contributed by atoms with van der Waals surface area (Å²) < 4.78 is 2.19. The fraction of sp³-hybridized carbons (Fsp3) is 0.526. The maximum Gasteiger partial charge on any atom is 0.325 e. The van der Waals surface area contributed by atoms with E-state index in [1.54, 1.807) is 6.20 Å². The van der Waals surface area contributed by atoms with Gasteiger partial charge in [-0.05, 0) is 50.4 Å². The Morgan fingerprint density at radius 1 is 1.11 bits per heavy atom. The Hall–Kier alpha value is -2.97. The molecule has 0 saturated heterocycles. The van der Waals surface area contributed by atoms with Crippen molar-refractivity contribution >= 4 is 17.0 Å². The van der Waals surface area contributed by atoms with E-state index >= 15 is 0 Å². The average molecular weight is 379 g/mol. The van der Waals surface area contributed by atoms with Crippen LogP contribution in [-0.2, 0) is 11.0 Å². The maximum atomic E-state index is 12.7. The van der Waals surface area contributed by atoms with E-state index in [0.29, 0.717) is 28.7 Å². The number of H-pyrrole nitrogens is 2. The zero-order valence-electron chi connectivity index (χ0n) is 15.3. The minimum atomic E-state index is -0.457. The van der Waals surface area contributed by atoms with E-state index in [9.17, 15) is 9.59 Å². The van der Waals surface area contributed by atoms with E-state index in [1.165, 1.54) is 12.7 Å². The first-order valence-corrected chi connectivity index (χ1v) is 9.75. The van der Waals surface area contributed by atoms with Crippen LogP contribution >= 0.6 is 0 Å². The molecule has 4 fully saturated rings. The standard InChI is InChI=1S/C19H21N7O2/c20-14-13-15(23-8-22-14)26(9-24-13)19-4-10-1-11(5-19)3-18(2-10,7-19)12-6-21-17(28)25-16(12)27/h6,8-11H,1-5,7H2,(H2,20,22,23)(H2,21,25,27,28). The Kier molecular flexibility index (Phi) is 2.91. The Morgan fingerprint density at radius 2 is 1.89 bits per heavy atom. The van der Waals surface area contributed by atoms with Crippen molar-refractivity contribution in [1.82, 2.24) is 29.5 Å². The number of hydrogen-bond donors (Lipinski definition) is 3. The van der Waals surface area contributed by atoms with E-state index in [4.69, 9.17) is 5.73 Å². The Balaban J connectivity index is 1.54. The molecular formula is C19H21N7O2. The predicted molar refractivity (Wildman–Crippen MR) is 102 cm³/mol. The van der Waals surface area contributed by atoms with Gasteiger partial charge >= 0.3 is 5.69 Å². The number of nitrogens with zero attached hydrogens (tertiary/aromatic N) is 4. The van der Waals surface area contributed by atoms with Gasteiger partial charge in [0.1, 0.15) is 11.8 Å². The van der Waals surface area contributed by atoms with Gasteiger partial charge in [-0.15, -0.1) is 0 Å². The number of imidazole rings is 1. The normalized spacial score (nSPS) is 33.6. The highest BCUT2D eigenvalue weighted by Crippen LogP contribution is 2.64. The Bertz CT molecular complexity index is 1210. The summed E-state index contributed by atoms with van der Waals surface area (Å²) in [6.07, 6.45) is 11.1. The third-order valence-electron chi connectivity index (χ3n) is 7.29. The van der Waals surface area contributed by atoms with Gasteiger partial charge in [-0.25, -0.2) is 19.7 Å². The van der Waals surface area contributed by atoms with Crippen LogP contribution in [0.1, 0.15) is 44.1 Å². The van der Waals surface area contributed by atoms with Gasteiger partial charge < -0.3 is 15.3 Å². The molecule has 9 heteroatoms. The fourth-order valence-electron chi connectivity index (χ4n) is 6.81. The quantitative estimate of drug-likeness (QED) is 0.608. The lowest BCUT2D eigenvalue weighted by molar-refractivity contribution is -0.0617. The van der Waals surface area contributed by atoms with Crippen molar-refractivity contribution in [3.05, 3.63) is 45.3 Å². The smallest absolute Gasteiger partial charge is 0.325 e. The summed E-state index contributed by atoms with van der Waals surface area (Å²) >= 11 is 0. The highest BCUT2D eigenvalue weighted by Gasteiger charge is 2.60. The second-order valence-corrected chi connectivity index (χ2v) is 9.00. The first-order valence-electron chi connectivity index (χ1n) is 9.75. The third-order valence-corrected chi connectivity index (χ3v) is 7.29. The number of nitrogen functional groups attached to an aromatic ring is 1. The topological polar surface area (TPSA) is 135 Å².